The zero-order chi connectivity index (χ0) is 19.3. The van der Waals surface area contributed by atoms with Gasteiger partial charge in [0.25, 0.3) is 0 Å². The van der Waals surface area contributed by atoms with Crippen molar-refractivity contribution in [3.63, 3.8) is 0 Å². The van der Waals surface area contributed by atoms with Gasteiger partial charge in [-0.15, -0.1) is 0 Å². The summed E-state index contributed by atoms with van der Waals surface area (Å²) >= 11 is 6.27. The van der Waals surface area contributed by atoms with E-state index < -0.39 is 0 Å². The summed E-state index contributed by atoms with van der Waals surface area (Å²) in [5.74, 6) is 1.44. The van der Waals surface area contributed by atoms with E-state index >= 15 is 0 Å². The van der Waals surface area contributed by atoms with Crippen LogP contribution in [0.2, 0.25) is 5.02 Å². The maximum absolute atomic E-state index is 6.27. The van der Waals surface area contributed by atoms with Gasteiger partial charge >= 0.3 is 0 Å². The quantitative estimate of drug-likeness (QED) is 0.593. The molecule has 3 heterocycles. The van der Waals surface area contributed by atoms with Gasteiger partial charge in [-0.3, -0.25) is 9.88 Å². The molecule has 0 radical (unpaired) electrons. The third kappa shape index (κ3) is 4.61. The van der Waals surface area contributed by atoms with E-state index in [-0.39, 0.29) is 6.10 Å². The Morgan fingerprint density at radius 3 is 2.68 bits per heavy atom. The predicted octanol–water partition coefficient (Wildman–Crippen LogP) is 4.88. The van der Waals surface area contributed by atoms with Crippen molar-refractivity contribution in [1.82, 2.24) is 14.9 Å². The molecule has 0 atom stereocenters. The predicted molar refractivity (Wildman–Crippen MR) is 109 cm³/mol. The van der Waals surface area contributed by atoms with E-state index in [1.807, 2.05) is 49.4 Å². The van der Waals surface area contributed by atoms with Crippen LogP contribution in [0.3, 0.4) is 0 Å². The molecule has 0 aliphatic carbocycles. The molecule has 3 aromatic rings. The summed E-state index contributed by atoms with van der Waals surface area (Å²) in [6, 6.07) is 13.5. The van der Waals surface area contributed by atoms with Crippen molar-refractivity contribution in [3.8, 4) is 11.5 Å². The van der Waals surface area contributed by atoms with Crippen LogP contribution in [0.5, 0.6) is 0 Å². The second-order valence-corrected chi connectivity index (χ2v) is 7.52. The first-order valence-electron chi connectivity index (χ1n) is 9.64. The maximum atomic E-state index is 6.27. The monoisotopic (exact) mass is 397 g/mol. The van der Waals surface area contributed by atoms with Crippen LogP contribution in [0, 0.1) is 6.92 Å². The summed E-state index contributed by atoms with van der Waals surface area (Å²) in [6.45, 7) is 5.30. The average molecular weight is 398 g/mol. The number of halogens is 1. The molecule has 2 aromatic heterocycles. The number of hydrogen-bond acceptors (Lipinski definition) is 5. The molecule has 0 unspecified atom stereocenters. The Hall–Kier alpha value is -2.21. The third-order valence-electron chi connectivity index (χ3n) is 5.10. The third-order valence-corrected chi connectivity index (χ3v) is 5.43. The van der Waals surface area contributed by atoms with Crippen LogP contribution in [-0.2, 0) is 17.9 Å². The highest BCUT2D eigenvalue weighted by Gasteiger charge is 2.22. The normalized spacial score (nSPS) is 15.8. The lowest BCUT2D eigenvalue weighted by molar-refractivity contribution is -0.00546. The number of piperidine rings is 1. The highest BCUT2D eigenvalue weighted by molar-refractivity contribution is 6.33. The van der Waals surface area contributed by atoms with Gasteiger partial charge in [-0.25, -0.2) is 4.98 Å². The number of oxazole rings is 1. The van der Waals surface area contributed by atoms with Crippen molar-refractivity contribution in [3.05, 3.63) is 70.8 Å². The Morgan fingerprint density at radius 1 is 1.14 bits per heavy atom. The van der Waals surface area contributed by atoms with E-state index in [9.17, 15) is 0 Å². The standard InChI is InChI=1S/C22H24ClN3O2/c1-16-21(25-22(28-16)19-7-2-3-8-20(19)23)14-26-12-9-18(10-13-26)27-15-17-6-4-5-11-24-17/h2-8,11,18H,9-10,12-15H2,1H3. The number of aryl methyl sites for hydroxylation is 1. The van der Waals surface area contributed by atoms with E-state index in [2.05, 4.69) is 9.88 Å². The Bertz CT molecular complexity index is 905. The Labute approximate surface area is 170 Å². The van der Waals surface area contributed by atoms with E-state index in [1.54, 1.807) is 6.20 Å². The van der Waals surface area contributed by atoms with Crippen LogP contribution in [-0.4, -0.2) is 34.1 Å². The topological polar surface area (TPSA) is 51.4 Å². The van der Waals surface area contributed by atoms with Crippen LogP contribution in [0.25, 0.3) is 11.5 Å². The fraction of sp³-hybridized carbons (Fsp3) is 0.364. The zero-order valence-electron chi connectivity index (χ0n) is 16.0. The highest BCUT2D eigenvalue weighted by Crippen LogP contribution is 2.29. The minimum atomic E-state index is 0.287. The summed E-state index contributed by atoms with van der Waals surface area (Å²) in [5.41, 5.74) is 2.79. The Kier molecular flexibility index (Phi) is 6.05. The summed E-state index contributed by atoms with van der Waals surface area (Å²) < 4.78 is 11.9. The smallest absolute Gasteiger partial charge is 0.228 e. The fourth-order valence-corrected chi connectivity index (χ4v) is 3.67. The van der Waals surface area contributed by atoms with Crippen molar-refractivity contribution in [2.75, 3.05) is 13.1 Å². The molecule has 1 saturated heterocycles. The molecule has 6 heteroatoms. The molecule has 0 spiro atoms. The fourth-order valence-electron chi connectivity index (χ4n) is 3.46. The number of ether oxygens (including phenoxy) is 1. The van der Waals surface area contributed by atoms with Gasteiger partial charge in [0.2, 0.25) is 5.89 Å². The first-order valence-corrected chi connectivity index (χ1v) is 10.0. The number of likely N-dealkylation sites (tertiary alicyclic amines) is 1. The molecule has 5 nitrogen and oxygen atoms in total. The highest BCUT2D eigenvalue weighted by atomic mass is 35.5. The molecule has 1 aromatic carbocycles. The van der Waals surface area contributed by atoms with Crippen molar-refractivity contribution in [2.45, 2.75) is 39.0 Å². The van der Waals surface area contributed by atoms with Gasteiger partial charge in [0.05, 0.1) is 34.7 Å². The van der Waals surface area contributed by atoms with Crippen LogP contribution >= 0.6 is 11.6 Å². The molecule has 1 aliphatic rings. The Balaban J connectivity index is 1.31. The second-order valence-electron chi connectivity index (χ2n) is 7.11. The molecular formula is C22H24ClN3O2. The minimum absolute atomic E-state index is 0.287. The summed E-state index contributed by atoms with van der Waals surface area (Å²) in [7, 11) is 0. The largest absolute Gasteiger partial charge is 0.441 e. The van der Waals surface area contributed by atoms with Gasteiger partial charge in [0, 0.05) is 25.8 Å². The van der Waals surface area contributed by atoms with Crippen molar-refractivity contribution >= 4 is 11.6 Å². The second kappa shape index (κ2) is 8.86. The zero-order valence-corrected chi connectivity index (χ0v) is 16.7. The van der Waals surface area contributed by atoms with Crippen molar-refractivity contribution in [1.29, 1.82) is 0 Å². The maximum Gasteiger partial charge on any atom is 0.228 e. The van der Waals surface area contributed by atoms with Crippen molar-refractivity contribution < 1.29 is 9.15 Å². The Morgan fingerprint density at radius 2 is 1.93 bits per heavy atom. The molecule has 0 N–H and O–H groups in total. The number of nitrogens with zero attached hydrogens (tertiary/aromatic N) is 3. The molecule has 4 rings (SSSR count). The molecule has 1 fully saturated rings. The van der Waals surface area contributed by atoms with Crippen LogP contribution < -0.4 is 0 Å². The number of benzene rings is 1. The molecular weight excluding hydrogens is 374 g/mol. The number of hydrogen-bond donors (Lipinski definition) is 0. The molecule has 28 heavy (non-hydrogen) atoms. The molecule has 146 valence electrons. The van der Waals surface area contributed by atoms with E-state index in [0.29, 0.717) is 17.5 Å². The minimum Gasteiger partial charge on any atom is -0.441 e. The first-order chi connectivity index (χ1) is 13.7. The van der Waals surface area contributed by atoms with Gasteiger partial charge in [-0.2, -0.15) is 0 Å². The van der Waals surface area contributed by atoms with E-state index in [4.69, 9.17) is 25.7 Å². The molecule has 0 amide bonds. The van der Waals surface area contributed by atoms with Crippen LogP contribution in [0.1, 0.15) is 30.0 Å². The summed E-state index contributed by atoms with van der Waals surface area (Å²) in [6.07, 6.45) is 4.12. The van der Waals surface area contributed by atoms with Gasteiger partial charge in [0.15, 0.2) is 0 Å². The number of pyridine rings is 1. The SMILES string of the molecule is Cc1oc(-c2ccccc2Cl)nc1CN1CCC(OCc2ccccn2)CC1. The number of aromatic nitrogens is 2. The molecule has 1 aliphatic heterocycles. The van der Waals surface area contributed by atoms with Crippen LogP contribution in [0.4, 0.5) is 0 Å². The van der Waals surface area contributed by atoms with Gasteiger partial charge in [0.1, 0.15) is 5.76 Å². The summed E-state index contributed by atoms with van der Waals surface area (Å²) in [4.78, 5) is 11.4. The van der Waals surface area contributed by atoms with Gasteiger partial charge in [-0.05, 0) is 44.0 Å². The lowest BCUT2D eigenvalue weighted by atomic mass is 10.1. The number of rotatable bonds is 6. The lowest BCUT2D eigenvalue weighted by Gasteiger charge is -2.31. The van der Waals surface area contributed by atoms with Crippen molar-refractivity contribution in [2.24, 2.45) is 0 Å². The van der Waals surface area contributed by atoms with E-state index in [0.717, 1.165) is 55.2 Å². The first kappa shape index (κ1) is 19.1. The van der Waals surface area contributed by atoms with Gasteiger partial charge < -0.3 is 9.15 Å². The summed E-state index contributed by atoms with van der Waals surface area (Å²) in [5, 5.41) is 0.654. The molecule has 0 bridgehead atoms. The lowest BCUT2D eigenvalue weighted by Crippen LogP contribution is -2.36. The average Bonchev–Trinajstić information content (AvgIpc) is 3.08. The molecule has 0 saturated carbocycles. The van der Waals surface area contributed by atoms with Gasteiger partial charge in [-0.1, -0.05) is 29.8 Å². The van der Waals surface area contributed by atoms with E-state index in [1.165, 1.54) is 0 Å². The van der Waals surface area contributed by atoms with Crippen LogP contribution in [0.15, 0.2) is 53.1 Å².